The summed E-state index contributed by atoms with van der Waals surface area (Å²) in [6.07, 6.45) is 1.78. The molecule has 1 fully saturated rings. The second-order valence-electron chi connectivity index (χ2n) is 4.23. The lowest BCUT2D eigenvalue weighted by Gasteiger charge is -2.27. The molecule has 1 aliphatic rings. The number of rotatable bonds is 3. The molecule has 96 valence electrons. The van der Waals surface area contributed by atoms with Crippen LogP contribution in [-0.2, 0) is 14.3 Å². The van der Waals surface area contributed by atoms with E-state index in [9.17, 15) is 9.59 Å². The first kappa shape index (κ1) is 14.8. The van der Waals surface area contributed by atoms with Crippen molar-refractivity contribution < 1.29 is 19.4 Å². The first-order valence-corrected chi connectivity index (χ1v) is 7.80. The summed E-state index contributed by atoms with van der Waals surface area (Å²) in [5, 5.41) is 8.74. The number of carboxylic acids is 1. The minimum atomic E-state index is -0.867. The van der Waals surface area contributed by atoms with Gasteiger partial charge < -0.3 is 9.84 Å². The SMILES string of the molecule is CSC(C(=O)OC(C)(C)C)=C1SC(C(=O)O)S1. The van der Waals surface area contributed by atoms with Crippen LogP contribution in [0, 0.1) is 0 Å². The van der Waals surface area contributed by atoms with Crippen molar-refractivity contribution in [3.63, 3.8) is 0 Å². The molecule has 1 heterocycles. The van der Waals surface area contributed by atoms with Gasteiger partial charge in [-0.3, -0.25) is 4.79 Å². The van der Waals surface area contributed by atoms with Crippen LogP contribution in [0.15, 0.2) is 9.14 Å². The monoisotopic (exact) mass is 294 g/mol. The molecule has 0 aromatic carbocycles. The lowest BCUT2D eigenvalue weighted by Crippen LogP contribution is -2.26. The molecular weight excluding hydrogens is 280 g/mol. The number of carbonyl (C=O) groups excluding carboxylic acids is 1. The van der Waals surface area contributed by atoms with Gasteiger partial charge in [-0.1, -0.05) is 23.5 Å². The molecule has 0 aromatic rings. The standard InChI is InChI=1S/C10H14O4S3/c1-10(2,3)14-7(13)5(15-4)8-16-9(17-8)6(11)12/h9H,1-4H3,(H,11,12). The summed E-state index contributed by atoms with van der Waals surface area (Å²) in [6.45, 7) is 5.40. The van der Waals surface area contributed by atoms with E-state index in [2.05, 4.69) is 0 Å². The Hall–Kier alpha value is -0.270. The maximum atomic E-state index is 11.8. The van der Waals surface area contributed by atoms with Crippen molar-refractivity contribution in [3.05, 3.63) is 9.14 Å². The third-order valence-corrected chi connectivity index (χ3v) is 5.46. The molecule has 0 atom stereocenters. The molecule has 1 aliphatic heterocycles. The molecule has 0 aliphatic carbocycles. The quantitative estimate of drug-likeness (QED) is 0.634. The van der Waals surface area contributed by atoms with Gasteiger partial charge in [0.1, 0.15) is 10.5 Å². The number of thioether (sulfide) groups is 3. The third kappa shape index (κ3) is 4.15. The van der Waals surface area contributed by atoms with Crippen molar-refractivity contribution in [3.8, 4) is 0 Å². The van der Waals surface area contributed by atoms with Crippen molar-refractivity contribution in [2.75, 3.05) is 6.26 Å². The van der Waals surface area contributed by atoms with Gasteiger partial charge in [0.05, 0.1) is 4.24 Å². The molecule has 0 amide bonds. The summed E-state index contributed by atoms with van der Waals surface area (Å²) in [7, 11) is 0. The van der Waals surface area contributed by atoms with Gasteiger partial charge in [0.2, 0.25) is 0 Å². The van der Waals surface area contributed by atoms with Crippen LogP contribution in [0.25, 0.3) is 0 Å². The van der Waals surface area contributed by atoms with Gasteiger partial charge >= 0.3 is 11.9 Å². The molecule has 4 nitrogen and oxygen atoms in total. The van der Waals surface area contributed by atoms with Gasteiger partial charge in [0.15, 0.2) is 4.58 Å². The van der Waals surface area contributed by atoms with Crippen LogP contribution in [-0.4, -0.2) is 33.5 Å². The van der Waals surface area contributed by atoms with Crippen LogP contribution in [0.2, 0.25) is 0 Å². The minimum absolute atomic E-state index is 0.385. The number of carboxylic acid groups (broad SMARTS) is 1. The zero-order valence-electron chi connectivity index (χ0n) is 9.97. The van der Waals surface area contributed by atoms with Gasteiger partial charge in [-0.2, -0.15) is 0 Å². The summed E-state index contributed by atoms with van der Waals surface area (Å²) >= 11 is 3.67. The van der Waals surface area contributed by atoms with Crippen molar-refractivity contribution >= 4 is 47.2 Å². The number of hydrogen-bond donors (Lipinski definition) is 1. The highest BCUT2D eigenvalue weighted by Crippen LogP contribution is 2.54. The summed E-state index contributed by atoms with van der Waals surface area (Å²) in [5.74, 6) is -1.25. The minimum Gasteiger partial charge on any atom is -0.480 e. The Kier molecular flexibility index (Phi) is 4.86. The fourth-order valence-corrected chi connectivity index (χ4v) is 4.00. The fourth-order valence-electron chi connectivity index (χ4n) is 0.986. The number of carbonyl (C=O) groups is 2. The average Bonchev–Trinajstić information content (AvgIpc) is 2.05. The lowest BCUT2D eigenvalue weighted by atomic mass is 10.2. The molecule has 0 saturated carbocycles. The van der Waals surface area contributed by atoms with Crippen molar-refractivity contribution in [1.29, 1.82) is 0 Å². The van der Waals surface area contributed by atoms with E-state index in [4.69, 9.17) is 9.84 Å². The van der Waals surface area contributed by atoms with E-state index in [0.717, 1.165) is 4.24 Å². The first-order chi connectivity index (χ1) is 7.74. The van der Waals surface area contributed by atoms with E-state index in [1.165, 1.54) is 35.3 Å². The van der Waals surface area contributed by atoms with Crippen molar-refractivity contribution in [1.82, 2.24) is 0 Å². The molecule has 1 N–H and O–H groups in total. The highest BCUT2D eigenvalue weighted by atomic mass is 32.3. The van der Waals surface area contributed by atoms with Crippen LogP contribution in [0.1, 0.15) is 20.8 Å². The zero-order valence-corrected chi connectivity index (χ0v) is 12.4. The summed E-state index contributed by atoms with van der Waals surface area (Å²) in [4.78, 5) is 23.0. The fraction of sp³-hybridized carbons (Fsp3) is 0.600. The third-order valence-electron chi connectivity index (χ3n) is 1.60. The Morgan fingerprint density at radius 2 is 1.88 bits per heavy atom. The number of aliphatic carboxylic acids is 1. The zero-order chi connectivity index (χ0) is 13.2. The highest BCUT2D eigenvalue weighted by molar-refractivity contribution is 8.39. The molecule has 0 radical (unpaired) electrons. The average molecular weight is 294 g/mol. The summed E-state index contributed by atoms with van der Waals surface area (Å²) in [6, 6.07) is 0. The van der Waals surface area contributed by atoms with E-state index < -0.39 is 16.2 Å². The first-order valence-electron chi connectivity index (χ1n) is 4.82. The van der Waals surface area contributed by atoms with Gasteiger partial charge in [-0.15, -0.1) is 11.8 Å². The summed E-state index contributed by atoms with van der Waals surface area (Å²) < 4.78 is 5.48. The molecule has 0 aromatic heterocycles. The highest BCUT2D eigenvalue weighted by Gasteiger charge is 2.36. The number of ether oxygens (including phenoxy) is 1. The van der Waals surface area contributed by atoms with E-state index in [0.29, 0.717) is 4.91 Å². The molecule has 1 saturated heterocycles. The molecule has 0 bridgehead atoms. The van der Waals surface area contributed by atoms with E-state index in [-0.39, 0.29) is 5.97 Å². The topological polar surface area (TPSA) is 63.6 Å². The second kappa shape index (κ2) is 5.58. The van der Waals surface area contributed by atoms with Crippen LogP contribution in [0.3, 0.4) is 0 Å². The maximum Gasteiger partial charge on any atom is 0.346 e. The van der Waals surface area contributed by atoms with Crippen LogP contribution in [0.4, 0.5) is 0 Å². The van der Waals surface area contributed by atoms with E-state index in [1.54, 1.807) is 27.0 Å². The Morgan fingerprint density at radius 3 is 2.24 bits per heavy atom. The second-order valence-corrected chi connectivity index (χ2v) is 7.83. The lowest BCUT2D eigenvalue weighted by molar-refractivity contribution is -0.149. The van der Waals surface area contributed by atoms with Gasteiger partial charge in [0, 0.05) is 0 Å². The molecule has 7 heteroatoms. The van der Waals surface area contributed by atoms with Crippen LogP contribution >= 0.6 is 35.3 Å². The largest absolute Gasteiger partial charge is 0.480 e. The van der Waals surface area contributed by atoms with E-state index >= 15 is 0 Å². The van der Waals surface area contributed by atoms with Crippen LogP contribution in [0.5, 0.6) is 0 Å². The smallest absolute Gasteiger partial charge is 0.346 e. The predicted octanol–water partition coefficient (Wildman–Crippen LogP) is 2.75. The van der Waals surface area contributed by atoms with Crippen molar-refractivity contribution in [2.24, 2.45) is 0 Å². The Bertz CT molecular complexity index is 362. The summed E-state index contributed by atoms with van der Waals surface area (Å²) in [5.41, 5.74) is -0.538. The maximum absolute atomic E-state index is 11.8. The van der Waals surface area contributed by atoms with Gasteiger partial charge in [-0.25, -0.2) is 4.79 Å². The Balaban J connectivity index is 2.70. The van der Waals surface area contributed by atoms with Crippen molar-refractivity contribution in [2.45, 2.75) is 31.0 Å². The van der Waals surface area contributed by atoms with Gasteiger partial charge in [0.25, 0.3) is 0 Å². The number of hydrogen-bond acceptors (Lipinski definition) is 6. The predicted molar refractivity (Wildman–Crippen MR) is 73.0 cm³/mol. The Labute approximate surface area is 113 Å². The molecule has 0 unspecified atom stereocenters. The van der Waals surface area contributed by atoms with Gasteiger partial charge in [-0.05, 0) is 27.0 Å². The van der Waals surface area contributed by atoms with E-state index in [1.807, 2.05) is 0 Å². The normalized spacial score (nSPS) is 19.5. The molecule has 17 heavy (non-hydrogen) atoms. The number of esters is 1. The molecule has 1 rings (SSSR count). The molecule has 0 spiro atoms. The Morgan fingerprint density at radius 1 is 1.35 bits per heavy atom. The molecular formula is C10H14O4S3. The van der Waals surface area contributed by atoms with Crippen LogP contribution < -0.4 is 0 Å².